The van der Waals surface area contributed by atoms with Crippen LogP contribution in [-0.4, -0.2) is 45.9 Å². The normalized spacial score (nSPS) is 36.6. The van der Waals surface area contributed by atoms with Crippen molar-refractivity contribution in [2.75, 3.05) is 0 Å². The van der Waals surface area contributed by atoms with Crippen molar-refractivity contribution in [3.05, 3.63) is 59.2 Å². The van der Waals surface area contributed by atoms with Gasteiger partial charge in [0.1, 0.15) is 0 Å². The highest BCUT2D eigenvalue weighted by Gasteiger charge is 2.66. The number of aliphatic hydroxyl groups is 2. The summed E-state index contributed by atoms with van der Waals surface area (Å²) >= 11 is 0. The molecular weight excluding hydrogens is 442 g/mol. The lowest BCUT2D eigenvalue weighted by Gasteiger charge is -2.46. The van der Waals surface area contributed by atoms with Gasteiger partial charge in [-0.15, -0.1) is 0 Å². The topological polar surface area (TPSA) is 95.9 Å². The van der Waals surface area contributed by atoms with Crippen molar-refractivity contribution in [2.24, 2.45) is 17.8 Å². The Bertz CT molecular complexity index is 986. The van der Waals surface area contributed by atoms with Crippen LogP contribution in [0.25, 0.3) is 0 Å². The highest BCUT2D eigenvalue weighted by atomic mass is 16.6. The van der Waals surface area contributed by atoms with Gasteiger partial charge in [-0.05, 0) is 56.6 Å². The number of ether oxygens (including phenoxy) is 1. The molecular formula is C29H39NO5. The van der Waals surface area contributed by atoms with Gasteiger partial charge in [0.15, 0.2) is 0 Å². The zero-order valence-corrected chi connectivity index (χ0v) is 21.1. The Labute approximate surface area is 208 Å². The average Bonchev–Trinajstić information content (AvgIpc) is 3.09. The molecule has 1 aromatic rings. The summed E-state index contributed by atoms with van der Waals surface area (Å²) < 4.78 is 6.15. The van der Waals surface area contributed by atoms with E-state index in [0.29, 0.717) is 25.2 Å². The molecule has 1 saturated heterocycles. The fraction of sp³-hybridized carbons (Fsp3) is 0.586. The minimum Gasteiger partial charge on any atom is -0.447 e. The summed E-state index contributed by atoms with van der Waals surface area (Å²) in [5, 5.41) is 24.9. The van der Waals surface area contributed by atoms with Crippen LogP contribution in [0.1, 0.15) is 64.9 Å². The van der Waals surface area contributed by atoms with Crippen LogP contribution in [0.5, 0.6) is 0 Å². The molecule has 35 heavy (non-hydrogen) atoms. The minimum absolute atomic E-state index is 0.0378. The Morgan fingerprint density at radius 1 is 1.06 bits per heavy atom. The molecule has 1 amide bonds. The predicted octanol–water partition coefficient (Wildman–Crippen LogP) is 3.86. The Hall–Kier alpha value is -2.44. The van der Waals surface area contributed by atoms with Gasteiger partial charge in [0.25, 0.3) is 5.91 Å². The molecule has 6 heteroatoms. The molecule has 6 nitrogen and oxygen atoms in total. The Balaban J connectivity index is 1.77. The molecule has 2 heterocycles. The van der Waals surface area contributed by atoms with Crippen molar-refractivity contribution >= 4 is 11.9 Å². The van der Waals surface area contributed by atoms with Crippen LogP contribution in [0, 0.1) is 17.8 Å². The van der Waals surface area contributed by atoms with Crippen LogP contribution in [0.3, 0.4) is 0 Å². The number of carbonyl (C=O) groups is 2. The van der Waals surface area contributed by atoms with Crippen LogP contribution in [0.2, 0.25) is 0 Å². The Morgan fingerprint density at radius 2 is 1.80 bits per heavy atom. The van der Waals surface area contributed by atoms with Crippen LogP contribution >= 0.6 is 0 Å². The fourth-order valence-corrected chi connectivity index (χ4v) is 6.18. The van der Waals surface area contributed by atoms with E-state index in [2.05, 4.69) is 12.2 Å². The van der Waals surface area contributed by atoms with Gasteiger partial charge in [0, 0.05) is 12.5 Å². The largest absolute Gasteiger partial charge is 0.447 e. The first kappa shape index (κ1) is 25.6. The van der Waals surface area contributed by atoms with E-state index in [1.165, 1.54) is 0 Å². The standard InChI is InChI=1S/C29H39NO5/c1-18-9-7-13-22(31)15-16-25(32)35-29-23(14-8-10-18)27(33)20(3)19(2)26(29)24(30-28(29)34)17-21-11-5-4-6-12-21/h4-6,8,11-12,14,18,22-24,26-27,31,33H,7,9-10,13,15-17H2,1-3H3,(H,30,34). The summed E-state index contributed by atoms with van der Waals surface area (Å²) in [4.78, 5) is 26.9. The van der Waals surface area contributed by atoms with E-state index >= 15 is 0 Å². The molecule has 0 radical (unpaired) electrons. The van der Waals surface area contributed by atoms with Crippen LogP contribution in [0.15, 0.2) is 53.6 Å². The smallest absolute Gasteiger partial charge is 0.306 e. The first-order valence-corrected chi connectivity index (χ1v) is 13.0. The maximum atomic E-state index is 13.8. The molecule has 0 aromatic heterocycles. The third-order valence-electron chi connectivity index (χ3n) is 8.28. The van der Waals surface area contributed by atoms with Gasteiger partial charge in [0.2, 0.25) is 5.60 Å². The van der Waals surface area contributed by atoms with E-state index in [1.807, 2.05) is 56.3 Å². The number of hydrogen-bond acceptors (Lipinski definition) is 5. The quantitative estimate of drug-likeness (QED) is 0.440. The molecule has 0 saturated carbocycles. The van der Waals surface area contributed by atoms with Crippen LogP contribution < -0.4 is 5.32 Å². The van der Waals surface area contributed by atoms with E-state index in [0.717, 1.165) is 36.0 Å². The summed E-state index contributed by atoms with van der Waals surface area (Å²) in [5.41, 5.74) is 1.29. The first-order chi connectivity index (χ1) is 16.7. The summed E-state index contributed by atoms with van der Waals surface area (Å²) in [7, 11) is 0. The van der Waals surface area contributed by atoms with Crippen LogP contribution in [0.4, 0.5) is 0 Å². The SMILES string of the molecule is CC1=C(C)C2C(Cc3ccccc3)NC(=O)C23OC(=O)CCC(O)CCCC(C)CC=CC3C1O. The third kappa shape index (κ3) is 5.10. The van der Waals surface area contributed by atoms with Gasteiger partial charge >= 0.3 is 5.97 Å². The molecule has 7 unspecified atom stereocenters. The monoisotopic (exact) mass is 481 g/mol. The van der Waals surface area contributed by atoms with Gasteiger partial charge in [-0.25, -0.2) is 0 Å². The molecule has 1 aliphatic carbocycles. The molecule has 0 bridgehead atoms. The number of esters is 1. The molecule has 3 aliphatic rings. The van der Waals surface area contributed by atoms with E-state index in [9.17, 15) is 19.8 Å². The molecule has 3 N–H and O–H groups in total. The van der Waals surface area contributed by atoms with Crippen LogP contribution in [-0.2, 0) is 20.7 Å². The lowest BCUT2D eigenvalue weighted by Crippen LogP contribution is -2.59. The third-order valence-corrected chi connectivity index (χ3v) is 8.28. The number of carbonyl (C=O) groups excluding carboxylic acids is 2. The molecule has 190 valence electrons. The van der Waals surface area contributed by atoms with E-state index in [-0.39, 0.29) is 18.4 Å². The maximum absolute atomic E-state index is 13.8. The fourth-order valence-electron chi connectivity index (χ4n) is 6.18. The van der Waals surface area contributed by atoms with Crippen molar-refractivity contribution in [1.29, 1.82) is 0 Å². The predicted molar refractivity (Wildman–Crippen MR) is 134 cm³/mol. The second-order valence-electron chi connectivity index (χ2n) is 10.7. The number of nitrogens with one attached hydrogen (secondary N) is 1. The van der Waals surface area contributed by atoms with E-state index < -0.39 is 35.6 Å². The summed E-state index contributed by atoms with van der Waals surface area (Å²) in [6.07, 6.45) is 6.70. The average molecular weight is 482 g/mol. The van der Waals surface area contributed by atoms with Crippen molar-refractivity contribution in [2.45, 2.75) is 89.6 Å². The minimum atomic E-state index is -1.52. The number of allylic oxidation sites excluding steroid dienone is 1. The van der Waals surface area contributed by atoms with Crippen molar-refractivity contribution in [3.63, 3.8) is 0 Å². The van der Waals surface area contributed by atoms with Gasteiger partial charge in [-0.3, -0.25) is 9.59 Å². The Morgan fingerprint density at radius 3 is 2.54 bits per heavy atom. The number of hydrogen-bond donors (Lipinski definition) is 3. The van der Waals surface area contributed by atoms with E-state index in [1.54, 1.807) is 0 Å². The van der Waals surface area contributed by atoms with Gasteiger partial charge in [-0.2, -0.15) is 0 Å². The second-order valence-corrected chi connectivity index (χ2v) is 10.7. The van der Waals surface area contributed by atoms with Gasteiger partial charge < -0.3 is 20.3 Å². The highest BCUT2D eigenvalue weighted by Crippen LogP contribution is 2.50. The summed E-state index contributed by atoms with van der Waals surface area (Å²) in [5.74, 6) is -1.52. The first-order valence-electron chi connectivity index (χ1n) is 13.0. The maximum Gasteiger partial charge on any atom is 0.306 e. The molecule has 1 aromatic carbocycles. The number of aliphatic hydroxyl groups excluding tert-OH is 2. The molecule has 1 spiro atoms. The summed E-state index contributed by atoms with van der Waals surface area (Å²) in [6, 6.07) is 9.69. The number of amides is 1. The summed E-state index contributed by atoms with van der Waals surface area (Å²) in [6.45, 7) is 6.02. The van der Waals surface area contributed by atoms with Crippen molar-refractivity contribution in [3.8, 4) is 0 Å². The van der Waals surface area contributed by atoms with E-state index in [4.69, 9.17) is 4.74 Å². The van der Waals surface area contributed by atoms with Gasteiger partial charge in [0.05, 0.1) is 24.0 Å². The van der Waals surface area contributed by atoms with Crippen molar-refractivity contribution < 1.29 is 24.5 Å². The zero-order valence-electron chi connectivity index (χ0n) is 21.1. The second kappa shape index (κ2) is 10.7. The molecule has 7 atom stereocenters. The lowest BCUT2D eigenvalue weighted by molar-refractivity contribution is -0.180. The Kier molecular flexibility index (Phi) is 7.82. The van der Waals surface area contributed by atoms with Crippen molar-refractivity contribution in [1.82, 2.24) is 5.32 Å². The highest BCUT2D eigenvalue weighted by molar-refractivity contribution is 5.93. The lowest BCUT2D eigenvalue weighted by atomic mass is 9.63. The van der Waals surface area contributed by atoms with Gasteiger partial charge in [-0.1, -0.05) is 67.8 Å². The molecule has 1 fully saturated rings. The zero-order chi connectivity index (χ0) is 25.2. The molecule has 4 rings (SSSR count). The number of benzene rings is 1. The molecule has 2 aliphatic heterocycles. The number of rotatable bonds is 2.